The predicted molar refractivity (Wildman–Crippen MR) is 167 cm³/mol. The fraction of sp³-hybridized carbons (Fsp3) is 0.290. The molecule has 27 heteroatoms. The number of benzene rings is 3. The molecule has 0 aliphatic heterocycles. The van der Waals surface area contributed by atoms with Gasteiger partial charge in [0.2, 0.25) is 11.5 Å². The summed E-state index contributed by atoms with van der Waals surface area (Å²) in [5, 5.41) is -7.36. The van der Waals surface area contributed by atoms with E-state index in [1.807, 2.05) is 30.3 Å². The van der Waals surface area contributed by atoms with E-state index in [1.165, 1.54) is 48.5 Å². The summed E-state index contributed by atoms with van der Waals surface area (Å²) in [4.78, 5) is 0.578. The Kier molecular flexibility index (Phi) is 23.7. The molecule has 0 nitrogen and oxygen atoms in total. The van der Waals surface area contributed by atoms with Crippen LogP contribution in [0.3, 0.4) is 0 Å². The Bertz CT molecular complexity index is 1600. The lowest BCUT2D eigenvalue weighted by Gasteiger charge is -2.29. The molecule has 0 saturated heterocycles. The second kappa shape index (κ2) is 23.3. The van der Waals surface area contributed by atoms with E-state index >= 15 is 0 Å². The standard InChI is InChI=1S/C10H6F8S.C10H5F7S.C6H6S.C4F8.CH4.FH/c11-8(12,13)7(9(14,15)16)10(17,18)19-6-4-2-1-3-5-6;11-8(18-6-4-2-1-3-5-6)7(9(12,13)14)10(15,16)17;7-6-4-2-1-3-5-6;5-2(6)1(3(7,8)9)4(10,11)12;;/h1-5,7H;1-5H;1-5,7H;;1H4;1H/p-1. The van der Waals surface area contributed by atoms with E-state index < -0.39 is 82.4 Å². The van der Waals surface area contributed by atoms with Gasteiger partial charge in [-0.05, 0) is 36.4 Å². The molecule has 0 aliphatic rings. The molecule has 0 N–H and O–H groups in total. The van der Waals surface area contributed by atoms with Gasteiger partial charge in [-0.3, -0.25) is 0 Å². The van der Waals surface area contributed by atoms with Crippen LogP contribution in [-0.2, 0) is 0 Å². The van der Waals surface area contributed by atoms with E-state index in [9.17, 15) is 101 Å². The second-order valence-electron chi connectivity index (χ2n) is 9.52. The van der Waals surface area contributed by atoms with Crippen LogP contribution in [0.2, 0.25) is 0 Å². The molecule has 332 valence electrons. The maximum atomic E-state index is 13.3. The van der Waals surface area contributed by atoms with Crippen LogP contribution in [0, 0.1) is 5.92 Å². The molecule has 0 heterocycles. The van der Waals surface area contributed by atoms with Crippen molar-refractivity contribution in [1.29, 1.82) is 0 Å². The molecule has 0 fully saturated rings. The molecule has 58 heavy (non-hydrogen) atoms. The van der Waals surface area contributed by atoms with Crippen molar-refractivity contribution in [3.63, 3.8) is 0 Å². The monoisotopic (exact) mass is 945 g/mol. The highest BCUT2D eigenvalue weighted by Gasteiger charge is 2.69. The third-order valence-electron chi connectivity index (χ3n) is 5.21. The Morgan fingerprint density at radius 2 is 0.741 bits per heavy atom. The first kappa shape index (κ1) is 58.8. The van der Waals surface area contributed by atoms with Crippen molar-refractivity contribution in [3.05, 3.63) is 113 Å². The van der Waals surface area contributed by atoms with Gasteiger partial charge >= 0.3 is 42.3 Å². The van der Waals surface area contributed by atoms with Crippen LogP contribution in [0.1, 0.15) is 7.43 Å². The lowest BCUT2D eigenvalue weighted by Crippen LogP contribution is -3.00. The van der Waals surface area contributed by atoms with Gasteiger partial charge in [-0.1, -0.05) is 85.5 Å². The summed E-state index contributed by atoms with van der Waals surface area (Å²) in [5.74, 6) is -4.71. The largest absolute Gasteiger partial charge is 1.00 e. The van der Waals surface area contributed by atoms with E-state index in [0.29, 0.717) is 0 Å². The average molecular weight is 946 g/mol. The van der Waals surface area contributed by atoms with E-state index in [0.717, 1.165) is 17.0 Å². The van der Waals surface area contributed by atoms with Crippen molar-refractivity contribution < 1.29 is 106 Å². The molecular formula is C31H21F24S3-. The van der Waals surface area contributed by atoms with Gasteiger partial charge < -0.3 is 4.70 Å². The van der Waals surface area contributed by atoms with Gasteiger partial charge in [0.1, 0.15) is 0 Å². The van der Waals surface area contributed by atoms with E-state index in [4.69, 9.17) is 0 Å². The Morgan fingerprint density at radius 3 is 0.966 bits per heavy atom. The number of halogens is 24. The number of hydrogen-bond acceptors (Lipinski definition) is 3. The minimum atomic E-state index is -6.08. The van der Waals surface area contributed by atoms with Gasteiger partial charge in [0, 0.05) is 14.7 Å². The third-order valence-corrected chi connectivity index (χ3v) is 7.42. The summed E-state index contributed by atoms with van der Waals surface area (Å²) in [6.07, 6.45) is -39.7. The fourth-order valence-corrected chi connectivity index (χ4v) is 5.10. The zero-order chi connectivity index (χ0) is 44.1. The number of rotatable bonds is 5. The topological polar surface area (TPSA) is 0 Å². The van der Waals surface area contributed by atoms with E-state index in [1.54, 1.807) is 0 Å². The molecule has 0 atom stereocenters. The van der Waals surface area contributed by atoms with Crippen LogP contribution in [0.5, 0.6) is 0 Å². The summed E-state index contributed by atoms with van der Waals surface area (Å²) < 4.78 is 275. The van der Waals surface area contributed by atoms with Gasteiger partial charge in [-0.15, -0.1) is 12.6 Å². The number of hydrogen-bond donors (Lipinski definition) is 1. The molecule has 3 aromatic carbocycles. The Balaban J connectivity index is -0.000000722. The van der Waals surface area contributed by atoms with Crippen molar-refractivity contribution in [2.75, 3.05) is 0 Å². The van der Waals surface area contributed by atoms with Crippen LogP contribution in [0.25, 0.3) is 0 Å². The highest BCUT2D eigenvalue weighted by molar-refractivity contribution is 8.03. The molecule has 0 unspecified atom stereocenters. The Morgan fingerprint density at radius 1 is 0.448 bits per heavy atom. The summed E-state index contributed by atoms with van der Waals surface area (Å²) >= 11 is 3.10. The lowest BCUT2D eigenvalue weighted by molar-refractivity contribution is -0.319. The van der Waals surface area contributed by atoms with Gasteiger partial charge in [0.05, 0.1) is 0 Å². The first-order valence-corrected chi connectivity index (χ1v) is 15.6. The van der Waals surface area contributed by atoms with Crippen molar-refractivity contribution in [2.45, 2.75) is 64.4 Å². The quantitative estimate of drug-likeness (QED) is 0.154. The summed E-state index contributed by atoms with van der Waals surface area (Å²) in [7, 11) is 0. The maximum Gasteiger partial charge on any atom is 0.426 e. The molecule has 0 bridgehead atoms. The van der Waals surface area contributed by atoms with Crippen molar-refractivity contribution in [1.82, 2.24) is 0 Å². The second-order valence-corrected chi connectivity index (χ2v) is 12.3. The van der Waals surface area contributed by atoms with Crippen LogP contribution in [0.4, 0.5) is 101 Å². The highest BCUT2D eigenvalue weighted by atomic mass is 32.2. The normalized spacial score (nSPS) is 12.2. The average Bonchev–Trinajstić information content (AvgIpc) is 2.94. The molecule has 0 radical (unpaired) electrons. The summed E-state index contributed by atoms with van der Waals surface area (Å²) in [6.45, 7) is 0. The van der Waals surface area contributed by atoms with Crippen LogP contribution in [-0.4, -0.2) is 42.3 Å². The molecule has 3 aromatic rings. The zero-order valence-corrected chi connectivity index (χ0v) is 29.1. The lowest BCUT2D eigenvalue weighted by atomic mass is 10.1. The summed E-state index contributed by atoms with van der Waals surface area (Å²) in [6, 6.07) is 22.3. The minimum absolute atomic E-state index is 0. The number of thioether (sulfide) groups is 2. The first-order chi connectivity index (χ1) is 25.0. The van der Waals surface area contributed by atoms with Crippen molar-refractivity contribution >= 4 is 36.2 Å². The molecule has 0 aromatic heterocycles. The number of thiol groups is 1. The van der Waals surface area contributed by atoms with Gasteiger partial charge in [0.15, 0.2) is 10.7 Å². The van der Waals surface area contributed by atoms with Crippen LogP contribution >= 0.6 is 36.2 Å². The van der Waals surface area contributed by atoms with E-state index in [2.05, 4.69) is 12.6 Å². The predicted octanol–water partition coefficient (Wildman–Crippen LogP) is 13.1. The number of alkyl halides is 20. The molecule has 0 saturated carbocycles. The summed E-state index contributed by atoms with van der Waals surface area (Å²) in [5.41, 5.74) is -6.88. The Hall–Kier alpha value is -3.49. The smallest absolute Gasteiger partial charge is 0.426 e. The van der Waals surface area contributed by atoms with E-state index in [-0.39, 0.29) is 33.7 Å². The zero-order valence-electron chi connectivity index (χ0n) is 26.6. The van der Waals surface area contributed by atoms with Gasteiger partial charge in [-0.25, -0.2) is 0 Å². The third kappa shape index (κ3) is 22.0. The van der Waals surface area contributed by atoms with Crippen LogP contribution < -0.4 is 4.70 Å². The maximum absolute atomic E-state index is 13.3. The SMILES string of the molecule is C.FC(F)(F)C(C(F)(F)F)C(F)(F)Sc1ccccc1.FC(F)=C(C(F)(F)F)C(F)(F)F.FC(Sc1ccccc1)=C(C(F)(F)F)C(F)(F)F.Sc1ccccc1.[F-]. The minimum Gasteiger partial charge on any atom is -1.00 e. The fourth-order valence-electron chi connectivity index (χ4n) is 3.10. The Labute approximate surface area is 325 Å². The van der Waals surface area contributed by atoms with Crippen molar-refractivity contribution in [2.24, 2.45) is 5.92 Å². The molecule has 0 spiro atoms. The molecule has 3 rings (SSSR count). The van der Waals surface area contributed by atoms with Gasteiger partial charge in [-0.2, -0.15) is 101 Å². The molecular weight excluding hydrogens is 924 g/mol. The first-order valence-electron chi connectivity index (χ1n) is 13.5. The van der Waals surface area contributed by atoms with Gasteiger partial charge in [0.25, 0.3) is 6.08 Å². The van der Waals surface area contributed by atoms with Crippen molar-refractivity contribution in [3.8, 4) is 0 Å². The molecule has 0 amide bonds. The highest BCUT2D eigenvalue weighted by Crippen LogP contribution is 2.54. The van der Waals surface area contributed by atoms with Crippen LogP contribution in [0.15, 0.2) is 128 Å². The number of allylic oxidation sites excluding steroid dienone is 2. The molecule has 0 aliphatic carbocycles.